The molecule has 0 atom stereocenters. The zero-order chi connectivity index (χ0) is 18.0. The summed E-state index contributed by atoms with van der Waals surface area (Å²) in [6.45, 7) is 2.51. The number of amides is 1. The van der Waals surface area contributed by atoms with Gasteiger partial charge in [-0.15, -0.1) is 0 Å². The van der Waals surface area contributed by atoms with E-state index in [2.05, 4.69) is 15.3 Å². The first kappa shape index (κ1) is 17.7. The van der Waals surface area contributed by atoms with Gasteiger partial charge in [0, 0.05) is 36.1 Å². The van der Waals surface area contributed by atoms with E-state index in [1.54, 1.807) is 16.3 Å². The van der Waals surface area contributed by atoms with Crippen molar-refractivity contribution in [1.29, 1.82) is 0 Å². The molecular weight excluding hydrogens is 353 g/mol. The Labute approximate surface area is 146 Å². The Balaban J connectivity index is 1.62. The molecule has 0 unspecified atom stereocenters. The average molecular weight is 370 g/mol. The van der Waals surface area contributed by atoms with Crippen molar-refractivity contribution in [1.82, 2.24) is 15.3 Å². The van der Waals surface area contributed by atoms with Crippen LogP contribution in [-0.4, -0.2) is 35.0 Å². The predicted octanol–water partition coefficient (Wildman–Crippen LogP) is 3.26. The summed E-state index contributed by atoms with van der Waals surface area (Å²) in [5.74, 6) is 0.261. The van der Waals surface area contributed by atoms with E-state index < -0.39 is 11.9 Å². The summed E-state index contributed by atoms with van der Waals surface area (Å²) in [5.41, 5.74) is -0.295. The number of anilines is 1. The Bertz CT molecular complexity index is 740. The van der Waals surface area contributed by atoms with E-state index in [-0.39, 0.29) is 23.6 Å². The maximum Gasteiger partial charge on any atom is 0.433 e. The van der Waals surface area contributed by atoms with Crippen LogP contribution in [-0.2, 0) is 6.18 Å². The molecule has 1 aliphatic rings. The van der Waals surface area contributed by atoms with Crippen molar-refractivity contribution in [2.24, 2.45) is 0 Å². The first-order valence-electron chi connectivity index (χ1n) is 7.84. The number of hydrogen-bond acceptors (Lipinski definition) is 5. The van der Waals surface area contributed by atoms with Crippen LogP contribution in [0.2, 0.25) is 0 Å². The highest BCUT2D eigenvalue weighted by molar-refractivity contribution is 7.08. The Hall–Kier alpha value is -2.16. The van der Waals surface area contributed by atoms with Crippen LogP contribution in [0.1, 0.15) is 34.7 Å². The van der Waals surface area contributed by atoms with Gasteiger partial charge in [-0.1, -0.05) is 0 Å². The molecule has 2 aromatic heterocycles. The Morgan fingerprint density at radius 1 is 1.32 bits per heavy atom. The van der Waals surface area contributed by atoms with Crippen LogP contribution in [0.4, 0.5) is 19.0 Å². The molecule has 0 aliphatic carbocycles. The SMILES string of the molecule is Cc1nc(N2CCC(NC(=O)c3ccsc3)CC2)cc(C(F)(F)F)n1. The van der Waals surface area contributed by atoms with Gasteiger partial charge in [0.2, 0.25) is 0 Å². The van der Waals surface area contributed by atoms with Crippen molar-refractivity contribution in [3.05, 3.63) is 40.0 Å². The lowest BCUT2D eigenvalue weighted by atomic mass is 10.0. The molecule has 0 aromatic carbocycles. The quantitative estimate of drug-likeness (QED) is 0.901. The van der Waals surface area contributed by atoms with Gasteiger partial charge in [0.05, 0.1) is 0 Å². The fourth-order valence-electron chi connectivity index (χ4n) is 2.77. The summed E-state index contributed by atoms with van der Waals surface area (Å²) < 4.78 is 38.7. The van der Waals surface area contributed by atoms with E-state index in [1.165, 1.54) is 18.3 Å². The second kappa shape index (κ2) is 6.99. The van der Waals surface area contributed by atoms with E-state index in [9.17, 15) is 18.0 Å². The topological polar surface area (TPSA) is 58.1 Å². The van der Waals surface area contributed by atoms with Crippen LogP contribution in [0.5, 0.6) is 0 Å². The minimum Gasteiger partial charge on any atom is -0.356 e. The van der Waals surface area contributed by atoms with Crippen molar-refractivity contribution in [3.63, 3.8) is 0 Å². The molecule has 2 aromatic rings. The summed E-state index contributed by atoms with van der Waals surface area (Å²) in [6, 6.07) is 2.75. The number of piperidine rings is 1. The molecule has 9 heteroatoms. The largest absolute Gasteiger partial charge is 0.433 e. The van der Waals surface area contributed by atoms with Gasteiger partial charge in [-0.3, -0.25) is 4.79 Å². The van der Waals surface area contributed by atoms with Gasteiger partial charge < -0.3 is 10.2 Å². The van der Waals surface area contributed by atoms with Gasteiger partial charge in [-0.2, -0.15) is 24.5 Å². The smallest absolute Gasteiger partial charge is 0.356 e. The molecule has 1 fully saturated rings. The molecule has 0 spiro atoms. The number of rotatable bonds is 3. The fourth-order valence-corrected chi connectivity index (χ4v) is 3.41. The highest BCUT2D eigenvalue weighted by Gasteiger charge is 2.34. The third kappa shape index (κ3) is 4.28. The molecule has 3 heterocycles. The predicted molar refractivity (Wildman–Crippen MR) is 88.8 cm³/mol. The van der Waals surface area contributed by atoms with E-state index in [0.29, 0.717) is 31.5 Å². The van der Waals surface area contributed by atoms with Gasteiger partial charge >= 0.3 is 6.18 Å². The van der Waals surface area contributed by atoms with E-state index >= 15 is 0 Å². The van der Waals surface area contributed by atoms with Crippen molar-refractivity contribution in [3.8, 4) is 0 Å². The normalized spacial score (nSPS) is 16.1. The number of hydrogen-bond donors (Lipinski definition) is 1. The Kier molecular flexibility index (Phi) is 4.94. The van der Waals surface area contributed by atoms with Gasteiger partial charge in [-0.05, 0) is 31.2 Å². The summed E-state index contributed by atoms with van der Waals surface area (Å²) in [5, 5.41) is 6.59. The van der Waals surface area contributed by atoms with Crippen molar-refractivity contribution in [2.75, 3.05) is 18.0 Å². The summed E-state index contributed by atoms with van der Waals surface area (Å²) in [6.07, 6.45) is -3.18. The molecule has 1 amide bonds. The zero-order valence-electron chi connectivity index (χ0n) is 13.5. The molecule has 1 saturated heterocycles. The summed E-state index contributed by atoms with van der Waals surface area (Å²) in [7, 11) is 0. The maximum absolute atomic E-state index is 12.9. The summed E-state index contributed by atoms with van der Waals surface area (Å²) >= 11 is 1.46. The maximum atomic E-state index is 12.9. The molecule has 0 radical (unpaired) electrons. The molecule has 1 aliphatic heterocycles. The lowest BCUT2D eigenvalue weighted by Gasteiger charge is -2.33. The molecule has 134 valence electrons. The Morgan fingerprint density at radius 3 is 2.64 bits per heavy atom. The number of aromatic nitrogens is 2. The van der Waals surface area contributed by atoms with Crippen molar-refractivity contribution >= 4 is 23.1 Å². The lowest BCUT2D eigenvalue weighted by Crippen LogP contribution is -2.45. The third-order valence-electron chi connectivity index (χ3n) is 4.05. The average Bonchev–Trinajstić information content (AvgIpc) is 3.09. The highest BCUT2D eigenvalue weighted by Crippen LogP contribution is 2.30. The van der Waals surface area contributed by atoms with Crippen LogP contribution < -0.4 is 10.2 Å². The van der Waals surface area contributed by atoms with Crippen LogP contribution in [0, 0.1) is 6.92 Å². The number of alkyl halides is 3. The number of halogens is 3. The first-order valence-corrected chi connectivity index (χ1v) is 8.78. The number of thiophene rings is 1. The number of carbonyl (C=O) groups excluding carboxylic acids is 1. The molecule has 1 N–H and O–H groups in total. The van der Waals surface area contributed by atoms with Crippen LogP contribution in [0.3, 0.4) is 0 Å². The minimum atomic E-state index is -4.49. The van der Waals surface area contributed by atoms with Crippen LogP contribution in [0.25, 0.3) is 0 Å². The highest BCUT2D eigenvalue weighted by atomic mass is 32.1. The van der Waals surface area contributed by atoms with Gasteiger partial charge in [0.25, 0.3) is 5.91 Å². The number of nitrogens with one attached hydrogen (secondary N) is 1. The molecule has 0 saturated carbocycles. The van der Waals surface area contributed by atoms with Crippen molar-refractivity contribution < 1.29 is 18.0 Å². The zero-order valence-corrected chi connectivity index (χ0v) is 14.3. The minimum absolute atomic E-state index is 0.00803. The monoisotopic (exact) mass is 370 g/mol. The first-order chi connectivity index (χ1) is 11.8. The van der Waals surface area contributed by atoms with E-state index in [1.807, 2.05) is 5.38 Å². The lowest BCUT2D eigenvalue weighted by molar-refractivity contribution is -0.141. The molecular formula is C16H17F3N4OS. The molecule has 3 rings (SSSR count). The third-order valence-corrected chi connectivity index (χ3v) is 4.74. The second-order valence-corrected chi connectivity index (χ2v) is 6.68. The molecule has 0 bridgehead atoms. The van der Waals surface area contributed by atoms with Crippen LogP contribution >= 0.6 is 11.3 Å². The van der Waals surface area contributed by atoms with E-state index in [4.69, 9.17) is 0 Å². The fraction of sp³-hybridized carbons (Fsp3) is 0.438. The Morgan fingerprint density at radius 2 is 2.04 bits per heavy atom. The molecule has 25 heavy (non-hydrogen) atoms. The van der Waals surface area contributed by atoms with Crippen molar-refractivity contribution in [2.45, 2.75) is 32.0 Å². The van der Waals surface area contributed by atoms with Gasteiger partial charge in [0.1, 0.15) is 17.3 Å². The standard InChI is InChI=1S/C16H17F3N4OS/c1-10-20-13(16(17,18)19)8-14(21-10)23-5-2-12(3-6-23)22-15(24)11-4-7-25-9-11/h4,7-9,12H,2-3,5-6H2,1H3,(H,22,24). The number of nitrogens with zero attached hydrogens (tertiary/aromatic N) is 3. The van der Waals surface area contributed by atoms with Gasteiger partial charge in [0.15, 0.2) is 0 Å². The summed E-state index contributed by atoms with van der Waals surface area (Å²) in [4.78, 5) is 21.5. The number of carbonyl (C=O) groups is 1. The van der Waals surface area contributed by atoms with Gasteiger partial charge in [-0.25, -0.2) is 9.97 Å². The molecule has 5 nitrogen and oxygen atoms in total. The van der Waals surface area contributed by atoms with E-state index in [0.717, 1.165) is 6.07 Å². The number of aryl methyl sites for hydroxylation is 1. The van der Waals surface area contributed by atoms with Crippen LogP contribution in [0.15, 0.2) is 22.9 Å². The second-order valence-electron chi connectivity index (χ2n) is 5.90.